The van der Waals surface area contributed by atoms with Crippen LogP contribution in [0.4, 0.5) is 15.8 Å². The van der Waals surface area contributed by atoms with Crippen LogP contribution >= 0.6 is 17.0 Å². The van der Waals surface area contributed by atoms with Crippen LogP contribution in [0.1, 0.15) is 27.0 Å². The molecule has 3 aromatic carbocycles. The number of carbonyl (C=O) groups is 2. The Morgan fingerprint density at radius 2 is 1.74 bits per heavy atom. The summed E-state index contributed by atoms with van der Waals surface area (Å²) in [6.07, 6.45) is -1.40. The number of nitro groups is 1. The number of nitrogens with zero attached hydrogens (tertiary/aromatic N) is 3. The third-order valence-electron chi connectivity index (χ3n) is 5.38. The van der Waals surface area contributed by atoms with Crippen LogP contribution in [0.5, 0.6) is 0 Å². The molecule has 4 rings (SSSR count). The van der Waals surface area contributed by atoms with Crippen LogP contribution in [0.3, 0.4) is 0 Å². The Morgan fingerprint density at radius 1 is 1.09 bits per heavy atom. The third-order valence-corrected chi connectivity index (χ3v) is 5.38. The normalized spacial score (nSPS) is 15.0. The smallest absolute Gasteiger partial charge is 0.280 e. The van der Waals surface area contributed by atoms with E-state index in [1.54, 1.807) is 31.2 Å². The number of aliphatic imine (C=N–C) groups is 1. The number of ketones is 1. The Kier molecular flexibility index (Phi) is 7.33. The first-order valence-corrected chi connectivity index (χ1v) is 10.1. The number of nitro benzene ring substituents is 1. The Bertz CT molecular complexity index is 1330. The van der Waals surface area contributed by atoms with Crippen molar-refractivity contribution in [1.29, 1.82) is 0 Å². The number of halogens is 2. The van der Waals surface area contributed by atoms with Gasteiger partial charge >= 0.3 is 0 Å². The molecule has 0 saturated carbocycles. The maximum Gasteiger partial charge on any atom is 0.280 e. The lowest BCUT2D eigenvalue weighted by atomic mass is 9.97. The molecule has 1 atom stereocenters. The number of carbonyl (C=O) groups excluding carboxylic acids is 2. The first-order chi connectivity index (χ1) is 15.8. The average molecular weight is 527 g/mol. The van der Waals surface area contributed by atoms with Crippen molar-refractivity contribution in [2.75, 3.05) is 11.4 Å². The van der Waals surface area contributed by atoms with Gasteiger partial charge in [-0.05, 0) is 30.7 Å². The molecule has 10 heteroatoms. The quantitative estimate of drug-likeness (QED) is 0.306. The minimum Gasteiger partial charge on any atom is -0.302 e. The summed E-state index contributed by atoms with van der Waals surface area (Å²) in [5.74, 6) is -1.84. The molecule has 0 spiro atoms. The molecule has 0 fully saturated rings. The van der Waals surface area contributed by atoms with Crippen LogP contribution < -0.4 is 10.6 Å². The number of amides is 1. The highest BCUT2D eigenvalue weighted by Crippen LogP contribution is 2.32. The Labute approximate surface area is 204 Å². The predicted octanol–water partition coefficient (Wildman–Crippen LogP) is 3.97. The van der Waals surface area contributed by atoms with Gasteiger partial charge in [-0.15, -0.1) is 17.0 Å². The first kappa shape index (κ1) is 24.9. The minimum atomic E-state index is -1.40. The van der Waals surface area contributed by atoms with E-state index in [-0.39, 0.29) is 39.5 Å². The summed E-state index contributed by atoms with van der Waals surface area (Å²) in [4.78, 5) is 42.5. The topological polar surface area (TPSA) is 119 Å². The maximum atomic E-state index is 14.6. The fourth-order valence-electron chi connectivity index (χ4n) is 3.86. The molecule has 2 N–H and O–H groups in total. The number of para-hydroxylation sites is 2. The molecule has 0 saturated heterocycles. The van der Waals surface area contributed by atoms with E-state index in [0.717, 1.165) is 0 Å². The van der Waals surface area contributed by atoms with Crippen molar-refractivity contribution in [1.82, 2.24) is 0 Å². The lowest BCUT2D eigenvalue weighted by Gasteiger charge is -2.25. The van der Waals surface area contributed by atoms with Crippen molar-refractivity contribution in [3.05, 3.63) is 105 Å². The lowest BCUT2D eigenvalue weighted by molar-refractivity contribution is -0.385. The van der Waals surface area contributed by atoms with Crippen molar-refractivity contribution in [2.24, 2.45) is 10.7 Å². The zero-order chi connectivity index (χ0) is 23.7. The highest BCUT2D eigenvalue weighted by Gasteiger charge is 2.34. The van der Waals surface area contributed by atoms with E-state index in [2.05, 4.69) is 4.99 Å². The molecule has 0 bridgehead atoms. The van der Waals surface area contributed by atoms with Crippen LogP contribution in [0.25, 0.3) is 0 Å². The van der Waals surface area contributed by atoms with Gasteiger partial charge in [0.15, 0.2) is 11.9 Å². The number of anilines is 1. The zero-order valence-corrected chi connectivity index (χ0v) is 19.7. The lowest BCUT2D eigenvalue weighted by Crippen LogP contribution is -2.45. The monoisotopic (exact) mass is 526 g/mol. The van der Waals surface area contributed by atoms with Crippen LogP contribution in [0.15, 0.2) is 71.7 Å². The summed E-state index contributed by atoms with van der Waals surface area (Å²) in [5.41, 5.74) is 7.33. The predicted molar refractivity (Wildman–Crippen MR) is 131 cm³/mol. The van der Waals surface area contributed by atoms with E-state index in [1.807, 2.05) is 0 Å². The van der Waals surface area contributed by atoms with Crippen molar-refractivity contribution in [2.45, 2.75) is 13.1 Å². The first-order valence-electron chi connectivity index (χ1n) is 10.1. The number of rotatable bonds is 5. The Balaban J connectivity index is 0.00000324. The number of hydrogen-bond donors (Lipinski definition) is 1. The molecule has 34 heavy (non-hydrogen) atoms. The van der Waals surface area contributed by atoms with Crippen LogP contribution in [0.2, 0.25) is 0 Å². The van der Waals surface area contributed by atoms with Gasteiger partial charge in [0, 0.05) is 17.2 Å². The highest BCUT2D eigenvalue weighted by molar-refractivity contribution is 8.93. The van der Waals surface area contributed by atoms with Crippen molar-refractivity contribution >= 4 is 45.8 Å². The molecule has 0 unspecified atom stereocenters. The molecule has 0 aromatic heterocycles. The molecular formula is C24H20BrFN4O4. The van der Waals surface area contributed by atoms with E-state index < -0.39 is 35.1 Å². The molecule has 1 aliphatic heterocycles. The zero-order valence-electron chi connectivity index (χ0n) is 18.0. The third kappa shape index (κ3) is 4.50. The van der Waals surface area contributed by atoms with Gasteiger partial charge in [0.1, 0.15) is 5.82 Å². The van der Waals surface area contributed by atoms with E-state index in [9.17, 15) is 24.1 Å². The summed E-state index contributed by atoms with van der Waals surface area (Å²) in [6, 6.07) is 16.7. The fraction of sp³-hybridized carbons (Fsp3) is 0.125. The van der Waals surface area contributed by atoms with Crippen molar-refractivity contribution in [3.8, 4) is 0 Å². The summed E-state index contributed by atoms with van der Waals surface area (Å²) in [5, 5.41) is 11.4. The van der Waals surface area contributed by atoms with Gasteiger partial charge in [0.25, 0.3) is 11.6 Å². The molecule has 1 amide bonds. The summed E-state index contributed by atoms with van der Waals surface area (Å²) < 4.78 is 14.6. The van der Waals surface area contributed by atoms with E-state index in [0.29, 0.717) is 16.8 Å². The molecule has 1 heterocycles. The molecule has 8 nitrogen and oxygen atoms in total. The number of fused-ring (bicyclic) bond motifs is 1. The SMILES string of the molecule is Br.Cc1cccc2c1N(CC(=O)c1ccccc1[N+](=O)[O-])C(=O)[C@@H](N)N=C2c1ccccc1F. The van der Waals surface area contributed by atoms with Crippen molar-refractivity contribution in [3.63, 3.8) is 0 Å². The Morgan fingerprint density at radius 3 is 2.44 bits per heavy atom. The Hall–Kier alpha value is -3.76. The van der Waals surface area contributed by atoms with Gasteiger partial charge in [-0.3, -0.25) is 24.7 Å². The number of benzene rings is 3. The summed E-state index contributed by atoms with van der Waals surface area (Å²) in [7, 11) is 0. The molecular weight excluding hydrogens is 507 g/mol. The minimum absolute atomic E-state index is 0. The number of hydrogen-bond acceptors (Lipinski definition) is 6. The second-order valence-corrected chi connectivity index (χ2v) is 7.50. The van der Waals surface area contributed by atoms with Gasteiger partial charge in [-0.1, -0.05) is 42.5 Å². The van der Waals surface area contributed by atoms with Gasteiger partial charge in [-0.25, -0.2) is 4.39 Å². The number of Topliss-reactive ketones (excluding diaryl/α,β-unsaturated/α-hetero) is 1. The largest absolute Gasteiger partial charge is 0.302 e. The van der Waals surface area contributed by atoms with Crippen molar-refractivity contribution < 1.29 is 18.9 Å². The van der Waals surface area contributed by atoms with Crippen LogP contribution in [-0.4, -0.2) is 35.0 Å². The molecule has 1 aliphatic rings. The van der Waals surface area contributed by atoms with Gasteiger partial charge in [0.05, 0.1) is 28.4 Å². The van der Waals surface area contributed by atoms with E-state index in [1.165, 1.54) is 47.4 Å². The average Bonchev–Trinajstić information content (AvgIpc) is 2.90. The summed E-state index contributed by atoms with van der Waals surface area (Å²) in [6.45, 7) is 1.25. The fourth-order valence-corrected chi connectivity index (χ4v) is 3.86. The number of aryl methyl sites for hydroxylation is 1. The molecule has 3 aromatic rings. The van der Waals surface area contributed by atoms with Crippen LogP contribution in [-0.2, 0) is 4.79 Å². The van der Waals surface area contributed by atoms with Gasteiger partial charge in [-0.2, -0.15) is 0 Å². The van der Waals surface area contributed by atoms with Gasteiger partial charge in [0.2, 0.25) is 0 Å². The second kappa shape index (κ2) is 10.0. The molecule has 0 aliphatic carbocycles. The standard InChI is InChI=1S/C24H19FN4O4.BrH/c1-14-7-6-10-17-21(15-8-2-4-11-18(15)25)27-23(26)24(31)28(22(14)17)13-20(30)16-9-3-5-12-19(16)29(32)33;/h2-12,23H,13,26H2,1H3;1H/t23-;/m0./s1. The number of benzodiazepines with no additional fused rings is 1. The summed E-state index contributed by atoms with van der Waals surface area (Å²) >= 11 is 0. The second-order valence-electron chi connectivity index (χ2n) is 7.50. The van der Waals surface area contributed by atoms with E-state index in [4.69, 9.17) is 5.73 Å². The molecule has 0 radical (unpaired) electrons. The van der Waals surface area contributed by atoms with E-state index >= 15 is 0 Å². The highest BCUT2D eigenvalue weighted by atomic mass is 79.9. The van der Waals surface area contributed by atoms with Gasteiger partial charge < -0.3 is 10.6 Å². The maximum absolute atomic E-state index is 14.6. The van der Waals surface area contributed by atoms with Crippen LogP contribution in [0, 0.1) is 22.9 Å². The number of nitrogens with two attached hydrogens (primary N) is 1. The molecule has 174 valence electrons.